The van der Waals surface area contributed by atoms with E-state index < -0.39 is 30.2 Å². The summed E-state index contributed by atoms with van der Waals surface area (Å²) in [6.45, 7) is 4.25. The van der Waals surface area contributed by atoms with Gasteiger partial charge in [-0.3, -0.25) is 4.79 Å². The highest BCUT2D eigenvalue weighted by molar-refractivity contribution is 5.86. The molecule has 1 N–H and O–H groups in total. The molecule has 5 rings (SSSR count). The third-order valence-corrected chi connectivity index (χ3v) is 7.59. The molecule has 0 radical (unpaired) electrons. The Morgan fingerprint density at radius 2 is 1.82 bits per heavy atom. The van der Waals surface area contributed by atoms with Crippen LogP contribution in [0, 0.1) is 17.6 Å². The van der Waals surface area contributed by atoms with Crippen molar-refractivity contribution in [3.8, 4) is 0 Å². The highest BCUT2D eigenvalue weighted by atomic mass is 19.1. The van der Waals surface area contributed by atoms with Crippen LogP contribution in [0.4, 0.5) is 13.6 Å². The van der Waals surface area contributed by atoms with Crippen molar-refractivity contribution in [2.45, 2.75) is 38.6 Å². The SMILES string of the molecule is CC1C(ON=[N+]=[N-])=C2CN(C)N(C(=O)NCc3ccc(F)cc3)C3CN(C(C)c4ccc(F)cc4)C(=O)[C@H]1N23. The first kappa shape index (κ1) is 26.3. The van der Waals surface area contributed by atoms with Gasteiger partial charge in [0.25, 0.3) is 0 Å². The highest BCUT2D eigenvalue weighted by Gasteiger charge is 2.57. The molecule has 0 spiro atoms. The third-order valence-electron chi connectivity index (χ3n) is 7.59. The predicted molar refractivity (Wildman–Crippen MR) is 135 cm³/mol. The molecule has 13 heteroatoms. The molecule has 0 aliphatic carbocycles. The van der Waals surface area contributed by atoms with Crippen molar-refractivity contribution in [1.29, 1.82) is 0 Å². The van der Waals surface area contributed by atoms with E-state index in [-0.39, 0.29) is 37.2 Å². The van der Waals surface area contributed by atoms with Crippen LogP contribution in [0.3, 0.4) is 0 Å². The Kier molecular flexibility index (Phi) is 7.02. The van der Waals surface area contributed by atoms with Crippen LogP contribution < -0.4 is 5.32 Å². The van der Waals surface area contributed by atoms with Gasteiger partial charge in [-0.05, 0) is 47.8 Å². The van der Waals surface area contributed by atoms with Gasteiger partial charge in [0.15, 0.2) is 0 Å². The molecule has 2 saturated heterocycles. The predicted octanol–water partition coefficient (Wildman–Crippen LogP) is 4.04. The molecule has 3 aliphatic rings. The lowest BCUT2D eigenvalue weighted by molar-refractivity contribution is -0.167. The minimum Gasteiger partial charge on any atom is -0.396 e. The molecule has 39 heavy (non-hydrogen) atoms. The molecule has 2 fully saturated rings. The number of likely N-dealkylation sites (N-methyl/N-ethyl adjacent to an activating group) is 1. The van der Waals surface area contributed by atoms with Crippen LogP contribution in [0.25, 0.3) is 10.4 Å². The average Bonchev–Trinajstić information content (AvgIpc) is 3.20. The lowest BCUT2D eigenvalue weighted by Gasteiger charge is -2.55. The van der Waals surface area contributed by atoms with Gasteiger partial charge in [-0.25, -0.2) is 23.6 Å². The second-order valence-electron chi connectivity index (χ2n) is 9.86. The lowest BCUT2D eigenvalue weighted by atomic mass is 9.96. The minimum absolute atomic E-state index is 0.160. The number of hydrogen-bond donors (Lipinski definition) is 1. The zero-order chi connectivity index (χ0) is 27.8. The molecule has 0 bridgehead atoms. The zero-order valence-electron chi connectivity index (χ0n) is 21.7. The van der Waals surface area contributed by atoms with Crippen molar-refractivity contribution >= 4 is 11.9 Å². The second kappa shape index (κ2) is 10.4. The maximum Gasteiger partial charge on any atom is 0.334 e. The zero-order valence-corrected chi connectivity index (χ0v) is 21.7. The van der Waals surface area contributed by atoms with E-state index in [0.717, 1.165) is 11.1 Å². The standard InChI is InChI=1S/C26H28F2N8O3/c1-15-23-25(37)34(16(2)18-6-10-20(28)11-7-18)14-22-35(23)21(24(15)39-32-31-29)13-33(3)36(22)26(38)30-12-17-4-8-19(27)9-5-17/h4-11,15-16,22-23H,12-14H2,1-3H3,(H,30,38)/t15?,16?,22?,23-/m0/s1. The Morgan fingerprint density at radius 1 is 1.18 bits per heavy atom. The first-order chi connectivity index (χ1) is 18.7. The molecule has 204 valence electrons. The van der Waals surface area contributed by atoms with Gasteiger partial charge >= 0.3 is 6.03 Å². The number of nitrogens with one attached hydrogen (secondary N) is 1. The minimum atomic E-state index is -0.702. The van der Waals surface area contributed by atoms with Gasteiger partial charge in [0.05, 0.1) is 24.8 Å². The number of amides is 3. The van der Waals surface area contributed by atoms with Crippen LogP contribution in [0.2, 0.25) is 0 Å². The number of urea groups is 1. The topological polar surface area (TPSA) is 117 Å². The number of nitrogens with zero attached hydrogens (tertiary/aromatic N) is 7. The molecule has 0 saturated carbocycles. The maximum atomic E-state index is 13.9. The Labute approximate surface area is 223 Å². The number of carbonyl (C=O) groups is 2. The van der Waals surface area contributed by atoms with E-state index in [4.69, 9.17) is 10.4 Å². The largest absolute Gasteiger partial charge is 0.396 e. The Morgan fingerprint density at radius 3 is 2.46 bits per heavy atom. The molecule has 11 nitrogen and oxygen atoms in total. The molecule has 4 atom stereocenters. The fraction of sp³-hybridized carbons (Fsp3) is 0.385. The lowest BCUT2D eigenvalue weighted by Crippen LogP contribution is -2.73. The van der Waals surface area contributed by atoms with Crippen molar-refractivity contribution < 1.29 is 23.2 Å². The molecule has 2 aromatic carbocycles. The highest BCUT2D eigenvalue weighted by Crippen LogP contribution is 2.44. The summed E-state index contributed by atoms with van der Waals surface area (Å²) in [4.78, 5) is 39.1. The van der Waals surface area contributed by atoms with E-state index >= 15 is 0 Å². The fourth-order valence-electron chi connectivity index (χ4n) is 5.66. The van der Waals surface area contributed by atoms with Crippen LogP contribution >= 0.6 is 0 Å². The number of hydrazine groups is 1. The van der Waals surface area contributed by atoms with Gasteiger partial charge < -0.3 is 20.0 Å². The number of piperazine rings is 1. The summed E-state index contributed by atoms with van der Waals surface area (Å²) in [7, 11) is 1.75. The summed E-state index contributed by atoms with van der Waals surface area (Å²) in [5.74, 6) is -0.998. The number of hydrogen-bond acceptors (Lipinski definition) is 6. The summed E-state index contributed by atoms with van der Waals surface area (Å²) >= 11 is 0. The van der Waals surface area contributed by atoms with Crippen LogP contribution in [0.1, 0.15) is 31.0 Å². The first-order valence-electron chi connectivity index (χ1n) is 12.5. The Hall–Kier alpha value is -4.35. The van der Waals surface area contributed by atoms with Crippen molar-refractivity contribution in [2.75, 3.05) is 20.1 Å². The summed E-state index contributed by atoms with van der Waals surface area (Å²) in [5.41, 5.74) is 11.0. The molecular weight excluding hydrogens is 510 g/mol. The second-order valence-corrected chi connectivity index (χ2v) is 9.86. The molecule has 0 aromatic heterocycles. The van der Waals surface area contributed by atoms with E-state index in [1.807, 2.05) is 18.7 Å². The molecule has 3 heterocycles. The molecule has 3 amide bonds. The number of rotatable bonds is 6. The van der Waals surface area contributed by atoms with Crippen molar-refractivity contribution in [2.24, 2.45) is 11.2 Å². The monoisotopic (exact) mass is 538 g/mol. The van der Waals surface area contributed by atoms with E-state index in [1.54, 1.807) is 46.2 Å². The van der Waals surface area contributed by atoms with E-state index in [0.29, 0.717) is 11.5 Å². The third kappa shape index (κ3) is 4.70. The maximum absolute atomic E-state index is 13.9. The van der Waals surface area contributed by atoms with Crippen LogP contribution in [0.15, 0.2) is 65.3 Å². The van der Waals surface area contributed by atoms with Gasteiger partial charge in [-0.2, -0.15) is 0 Å². The van der Waals surface area contributed by atoms with Gasteiger partial charge in [0.2, 0.25) is 5.91 Å². The number of halogens is 2. The van der Waals surface area contributed by atoms with Gasteiger partial charge in [0.1, 0.15) is 34.9 Å². The Balaban J connectivity index is 1.48. The Bertz CT molecular complexity index is 1350. The van der Waals surface area contributed by atoms with Crippen molar-refractivity contribution in [3.05, 3.63) is 93.2 Å². The molecule has 2 aromatic rings. The van der Waals surface area contributed by atoms with Crippen LogP contribution in [-0.4, -0.2) is 64.1 Å². The summed E-state index contributed by atoms with van der Waals surface area (Å²) < 4.78 is 26.9. The molecular formula is C26H28F2N8O3. The summed E-state index contributed by atoms with van der Waals surface area (Å²) in [5, 5.41) is 9.46. The fourth-order valence-corrected chi connectivity index (χ4v) is 5.66. The van der Waals surface area contributed by atoms with Crippen molar-refractivity contribution in [3.63, 3.8) is 0 Å². The van der Waals surface area contributed by atoms with Gasteiger partial charge in [-0.15, -0.1) is 0 Å². The number of azide groups is 1. The summed E-state index contributed by atoms with van der Waals surface area (Å²) in [6.07, 6.45) is -0.604. The van der Waals surface area contributed by atoms with Crippen molar-refractivity contribution in [1.82, 2.24) is 25.1 Å². The van der Waals surface area contributed by atoms with E-state index in [9.17, 15) is 18.4 Å². The van der Waals surface area contributed by atoms with E-state index in [1.165, 1.54) is 24.3 Å². The quantitative estimate of drug-likeness (QED) is 0.258. The first-order valence-corrected chi connectivity index (χ1v) is 12.5. The van der Waals surface area contributed by atoms with Crippen LogP contribution in [0.5, 0.6) is 0 Å². The van der Waals surface area contributed by atoms with Gasteiger partial charge in [0, 0.05) is 24.4 Å². The smallest absolute Gasteiger partial charge is 0.334 e. The molecule has 3 aliphatic heterocycles. The van der Waals surface area contributed by atoms with Crippen LogP contribution in [-0.2, 0) is 16.2 Å². The molecule has 3 unspecified atom stereocenters. The van der Waals surface area contributed by atoms with E-state index in [2.05, 4.69) is 15.5 Å². The van der Waals surface area contributed by atoms with Gasteiger partial charge in [-0.1, -0.05) is 31.2 Å². The average molecular weight is 539 g/mol. The normalized spacial score (nSPS) is 23.4. The number of carbonyl (C=O) groups excluding carboxylic acids is 2. The number of benzene rings is 2. The summed E-state index contributed by atoms with van der Waals surface area (Å²) in [6, 6.07) is 10.3.